The van der Waals surface area contributed by atoms with E-state index in [4.69, 9.17) is 9.47 Å². The molecule has 10 heteroatoms. The minimum atomic E-state index is -0.502. The molecule has 1 aliphatic heterocycles. The minimum absolute atomic E-state index is 0.00117. The van der Waals surface area contributed by atoms with Crippen molar-refractivity contribution in [2.45, 2.75) is 0 Å². The number of nitro groups is 1. The molecule has 8 nitrogen and oxygen atoms in total. The van der Waals surface area contributed by atoms with Gasteiger partial charge in [-0.1, -0.05) is 18.2 Å². The first kappa shape index (κ1) is 20.6. The second kappa shape index (κ2) is 8.67. The van der Waals surface area contributed by atoms with Crippen molar-refractivity contribution >= 4 is 28.9 Å². The molecule has 1 aromatic heterocycles. The van der Waals surface area contributed by atoms with Crippen molar-refractivity contribution in [1.29, 1.82) is 0 Å². The molecule has 0 bridgehead atoms. The number of benzene rings is 3. The molecule has 5 rings (SSSR count). The summed E-state index contributed by atoms with van der Waals surface area (Å²) >= 11 is 1.35. The molecule has 0 fully saturated rings. The molecule has 0 N–H and O–H groups in total. The highest BCUT2D eigenvalue weighted by Crippen LogP contribution is 2.37. The molecule has 1 aliphatic rings. The third kappa shape index (κ3) is 4.23. The van der Waals surface area contributed by atoms with Crippen LogP contribution in [0.15, 0.2) is 82.2 Å². The van der Waals surface area contributed by atoms with Crippen LogP contribution in [0.2, 0.25) is 0 Å². The number of nitrogens with zero attached hydrogens (tertiary/aromatic N) is 4. The van der Waals surface area contributed by atoms with Crippen molar-refractivity contribution in [1.82, 2.24) is 4.68 Å². The predicted octanol–water partition coefficient (Wildman–Crippen LogP) is 5.11. The van der Waals surface area contributed by atoms with Crippen LogP contribution in [0, 0.1) is 15.9 Å². The average Bonchev–Trinajstić information content (AvgIpc) is 3.44. The minimum Gasteiger partial charge on any atom is -0.454 e. The van der Waals surface area contributed by atoms with Gasteiger partial charge in [-0.05, 0) is 42.5 Å². The van der Waals surface area contributed by atoms with Gasteiger partial charge in [-0.15, -0.1) is 11.3 Å². The van der Waals surface area contributed by atoms with Gasteiger partial charge in [-0.2, -0.15) is 5.10 Å². The Hall–Kier alpha value is -4.31. The first-order valence-corrected chi connectivity index (χ1v) is 10.6. The fraction of sp³-hybridized carbons (Fsp3) is 0.0435. The average molecular weight is 462 g/mol. The lowest BCUT2D eigenvalue weighted by Crippen LogP contribution is -2.11. The zero-order valence-electron chi connectivity index (χ0n) is 16.9. The fourth-order valence-electron chi connectivity index (χ4n) is 3.25. The van der Waals surface area contributed by atoms with Crippen LogP contribution in [0.25, 0.3) is 11.3 Å². The Bertz CT molecular complexity index is 1430. The summed E-state index contributed by atoms with van der Waals surface area (Å²) in [5.41, 5.74) is 2.19. The lowest BCUT2D eigenvalue weighted by Gasteiger charge is -2.04. The lowest BCUT2D eigenvalue weighted by molar-refractivity contribution is -0.385. The third-order valence-electron chi connectivity index (χ3n) is 4.84. The smallest absolute Gasteiger partial charge is 0.282 e. The number of ether oxygens (including phenoxy) is 2. The third-order valence-corrected chi connectivity index (χ3v) is 5.65. The number of para-hydroxylation sites is 1. The highest BCUT2D eigenvalue weighted by atomic mass is 32.1. The fourth-order valence-corrected chi connectivity index (χ4v) is 4.11. The van der Waals surface area contributed by atoms with Gasteiger partial charge in [0.05, 0.1) is 34.1 Å². The van der Waals surface area contributed by atoms with E-state index in [1.807, 2.05) is 35.7 Å². The van der Waals surface area contributed by atoms with Crippen molar-refractivity contribution in [2.75, 3.05) is 6.79 Å². The number of halogens is 1. The molecule has 33 heavy (non-hydrogen) atoms. The van der Waals surface area contributed by atoms with E-state index in [0.29, 0.717) is 22.0 Å². The Morgan fingerprint density at radius 1 is 1.06 bits per heavy atom. The summed E-state index contributed by atoms with van der Waals surface area (Å²) in [7, 11) is 0. The van der Waals surface area contributed by atoms with Crippen LogP contribution >= 0.6 is 11.3 Å². The van der Waals surface area contributed by atoms with E-state index in [0.717, 1.165) is 11.3 Å². The van der Waals surface area contributed by atoms with E-state index in [2.05, 4.69) is 10.1 Å². The second-order valence-electron chi connectivity index (χ2n) is 6.94. The number of hydrogen-bond acceptors (Lipinski definition) is 7. The number of aromatic nitrogens is 1. The van der Waals surface area contributed by atoms with E-state index in [-0.39, 0.29) is 23.9 Å². The number of nitro benzene ring substituents is 1. The predicted molar refractivity (Wildman–Crippen MR) is 122 cm³/mol. The van der Waals surface area contributed by atoms with Crippen molar-refractivity contribution in [3.63, 3.8) is 0 Å². The van der Waals surface area contributed by atoms with E-state index < -0.39 is 4.92 Å². The first-order valence-electron chi connectivity index (χ1n) is 9.77. The first-order chi connectivity index (χ1) is 16.1. The standard InChI is InChI=1S/C23H15FN4O4S/c24-17-8-6-15(7-9-17)20-13-33-23(26-18-4-2-1-3-5-18)27(20)25-12-16-10-21-22(32-14-31-21)11-19(16)28(29)30/h1-13H,14H2. The van der Waals surface area contributed by atoms with Gasteiger partial charge in [-0.3, -0.25) is 10.1 Å². The topological polar surface area (TPSA) is 91.2 Å². The van der Waals surface area contributed by atoms with E-state index in [9.17, 15) is 14.5 Å². The normalized spacial score (nSPS) is 13.1. The van der Waals surface area contributed by atoms with Crippen LogP contribution in [0.1, 0.15) is 5.56 Å². The Morgan fingerprint density at radius 2 is 1.79 bits per heavy atom. The molecular weight excluding hydrogens is 447 g/mol. The van der Waals surface area contributed by atoms with Gasteiger partial charge in [0.15, 0.2) is 11.5 Å². The highest BCUT2D eigenvalue weighted by molar-refractivity contribution is 7.07. The van der Waals surface area contributed by atoms with Crippen LogP contribution < -0.4 is 14.3 Å². The molecule has 0 amide bonds. The van der Waals surface area contributed by atoms with Crippen LogP contribution in [0.5, 0.6) is 11.5 Å². The largest absolute Gasteiger partial charge is 0.454 e. The number of fused-ring (bicyclic) bond motifs is 1. The summed E-state index contributed by atoms with van der Waals surface area (Å²) < 4.78 is 25.6. The summed E-state index contributed by atoms with van der Waals surface area (Å²) in [5.74, 6) is 0.369. The Balaban J connectivity index is 1.65. The SMILES string of the molecule is O=[N+]([O-])c1cc2c(cc1C=Nn1c(-c3ccc(F)cc3)csc1=Nc1ccccc1)OCO2. The quantitative estimate of drug-likeness (QED) is 0.234. The summed E-state index contributed by atoms with van der Waals surface area (Å²) in [6.07, 6.45) is 1.38. The molecule has 0 saturated heterocycles. The summed E-state index contributed by atoms with van der Waals surface area (Å²) in [4.78, 5) is 16.3. The maximum absolute atomic E-state index is 13.5. The Kier molecular flexibility index (Phi) is 5.41. The van der Waals surface area contributed by atoms with Gasteiger partial charge in [0, 0.05) is 10.9 Å². The van der Waals surface area contributed by atoms with Gasteiger partial charge in [0.25, 0.3) is 5.69 Å². The van der Waals surface area contributed by atoms with Crippen molar-refractivity contribution in [3.8, 4) is 22.8 Å². The number of hydrogen-bond donors (Lipinski definition) is 0. The van der Waals surface area contributed by atoms with Crippen molar-refractivity contribution < 1.29 is 18.8 Å². The van der Waals surface area contributed by atoms with Crippen LogP contribution in [0.3, 0.4) is 0 Å². The lowest BCUT2D eigenvalue weighted by atomic mass is 10.1. The van der Waals surface area contributed by atoms with Gasteiger partial charge < -0.3 is 9.47 Å². The molecule has 0 atom stereocenters. The maximum atomic E-state index is 13.5. The number of rotatable bonds is 5. The maximum Gasteiger partial charge on any atom is 0.282 e. The summed E-state index contributed by atoms with van der Waals surface area (Å²) in [5, 5.41) is 18.0. The molecule has 4 aromatic rings. The summed E-state index contributed by atoms with van der Waals surface area (Å²) in [6.45, 7) is 0.00117. The van der Waals surface area contributed by atoms with E-state index >= 15 is 0 Å². The molecule has 0 saturated carbocycles. The molecule has 3 aromatic carbocycles. The molecule has 0 spiro atoms. The van der Waals surface area contributed by atoms with Gasteiger partial charge in [-0.25, -0.2) is 14.1 Å². The zero-order chi connectivity index (χ0) is 22.8. The Labute approximate surface area is 190 Å². The van der Waals surface area contributed by atoms with Gasteiger partial charge in [0.1, 0.15) is 5.82 Å². The molecule has 2 heterocycles. The van der Waals surface area contributed by atoms with Crippen molar-refractivity contribution in [2.24, 2.45) is 10.1 Å². The Morgan fingerprint density at radius 3 is 2.52 bits per heavy atom. The molecule has 0 unspecified atom stereocenters. The molecular formula is C23H15FN4O4S. The second-order valence-corrected chi connectivity index (χ2v) is 7.77. The molecule has 164 valence electrons. The van der Waals surface area contributed by atoms with Crippen LogP contribution in [0.4, 0.5) is 15.8 Å². The molecule has 0 radical (unpaired) electrons. The zero-order valence-corrected chi connectivity index (χ0v) is 17.7. The van der Waals surface area contributed by atoms with Crippen LogP contribution in [-0.4, -0.2) is 22.6 Å². The highest BCUT2D eigenvalue weighted by Gasteiger charge is 2.22. The summed E-state index contributed by atoms with van der Waals surface area (Å²) in [6, 6.07) is 18.2. The van der Waals surface area contributed by atoms with Crippen molar-refractivity contribution in [3.05, 3.63) is 98.4 Å². The van der Waals surface area contributed by atoms with Crippen LogP contribution in [-0.2, 0) is 0 Å². The van der Waals surface area contributed by atoms with Gasteiger partial charge in [0.2, 0.25) is 11.6 Å². The van der Waals surface area contributed by atoms with E-state index in [1.165, 1.54) is 41.8 Å². The number of thiazole rings is 1. The molecule has 0 aliphatic carbocycles. The monoisotopic (exact) mass is 462 g/mol. The van der Waals surface area contributed by atoms with Gasteiger partial charge >= 0.3 is 0 Å². The van der Waals surface area contributed by atoms with E-state index in [1.54, 1.807) is 16.8 Å².